The van der Waals surface area contributed by atoms with E-state index in [2.05, 4.69) is 4.98 Å². The number of halogens is 1. The molecule has 0 unspecified atom stereocenters. The largest absolute Gasteiger partial charge is 0.478 e. The second kappa shape index (κ2) is 5.29. The lowest BCUT2D eigenvalue weighted by Crippen LogP contribution is -2.00. The molecule has 4 nitrogen and oxygen atoms in total. The van der Waals surface area contributed by atoms with Gasteiger partial charge >= 0.3 is 5.97 Å². The van der Waals surface area contributed by atoms with E-state index in [-0.39, 0.29) is 5.56 Å². The van der Waals surface area contributed by atoms with Crippen LogP contribution in [0.1, 0.15) is 10.4 Å². The Morgan fingerprint density at radius 3 is 2.83 bits per heavy atom. The van der Waals surface area contributed by atoms with Crippen LogP contribution in [0.15, 0.2) is 46.5 Å². The second-order valence-corrected chi connectivity index (χ2v) is 4.89. The number of hydrogen-bond acceptors (Lipinski definition) is 4. The van der Waals surface area contributed by atoms with Gasteiger partial charge in [0, 0.05) is 16.8 Å². The van der Waals surface area contributed by atoms with Crippen LogP contribution in [-0.4, -0.2) is 16.1 Å². The number of carbonyl (C=O) groups is 1. The zero-order valence-corrected chi connectivity index (χ0v) is 10.7. The van der Waals surface area contributed by atoms with Gasteiger partial charge in [0.05, 0.1) is 10.6 Å². The van der Waals surface area contributed by atoms with Crippen LogP contribution < -0.4 is 5.73 Å². The van der Waals surface area contributed by atoms with E-state index in [1.807, 2.05) is 0 Å². The number of carboxylic acid groups (broad SMARTS) is 1. The Hall–Kier alpha value is -1.72. The normalized spacial score (nSPS) is 10.3. The maximum atomic E-state index is 11.1. The lowest BCUT2D eigenvalue weighted by molar-refractivity contribution is 0.0693. The maximum Gasteiger partial charge on any atom is 0.336 e. The minimum atomic E-state index is -1.03. The Labute approximate surface area is 113 Å². The van der Waals surface area contributed by atoms with E-state index in [0.717, 1.165) is 0 Å². The summed E-state index contributed by atoms with van der Waals surface area (Å²) in [7, 11) is 0. The van der Waals surface area contributed by atoms with Gasteiger partial charge in [0.15, 0.2) is 0 Å². The molecule has 0 bridgehead atoms. The monoisotopic (exact) mass is 280 g/mol. The van der Waals surface area contributed by atoms with Gasteiger partial charge in [-0.15, -0.1) is 0 Å². The first-order valence-electron chi connectivity index (χ1n) is 4.99. The van der Waals surface area contributed by atoms with E-state index >= 15 is 0 Å². The Morgan fingerprint density at radius 2 is 2.17 bits per heavy atom. The number of anilines is 1. The van der Waals surface area contributed by atoms with Crippen molar-refractivity contribution in [2.24, 2.45) is 0 Å². The first kappa shape index (κ1) is 12.7. The standard InChI is InChI=1S/C12H9ClN2O2S/c13-9-2-1-5-15-11(9)18-10-4-3-7(14)6-8(10)12(16)17/h1-6H,14H2,(H,16,17). The molecular weight excluding hydrogens is 272 g/mol. The number of aromatic nitrogens is 1. The Morgan fingerprint density at radius 1 is 1.39 bits per heavy atom. The molecule has 0 fully saturated rings. The summed E-state index contributed by atoms with van der Waals surface area (Å²) in [5, 5.41) is 10.2. The lowest BCUT2D eigenvalue weighted by atomic mass is 10.2. The van der Waals surface area contributed by atoms with Gasteiger partial charge in [0.2, 0.25) is 0 Å². The van der Waals surface area contributed by atoms with Crippen LogP contribution in [0.25, 0.3) is 0 Å². The average Bonchev–Trinajstić information content (AvgIpc) is 2.34. The number of hydrogen-bond donors (Lipinski definition) is 2. The van der Waals surface area contributed by atoms with Gasteiger partial charge in [0.1, 0.15) is 5.03 Å². The molecule has 3 N–H and O–H groups in total. The molecule has 0 amide bonds. The summed E-state index contributed by atoms with van der Waals surface area (Å²) in [5.41, 5.74) is 6.12. The fraction of sp³-hybridized carbons (Fsp3) is 0. The number of rotatable bonds is 3. The van der Waals surface area contributed by atoms with Crippen molar-refractivity contribution in [3.8, 4) is 0 Å². The average molecular weight is 281 g/mol. The molecule has 0 spiro atoms. The number of nitrogens with zero attached hydrogens (tertiary/aromatic N) is 1. The second-order valence-electron chi connectivity index (χ2n) is 3.45. The summed E-state index contributed by atoms with van der Waals surface area (Å²) in [6, 6.07) is 8.13. The zero-order valence-electron chi connectivity index (χ0n) is 9.13. The molecule has 0 aliphatic rings. The highest BCUT2D eigenvalue weighted by Crippen LogP contribution is 2.34. The molecule has 0 saturated carbocycles. The molecule has 1 aromatic heterocycles. The highest BCUT2D eigenvalue weighted by molar-refractivity contribution is 7.99. The summed E-state index contributed by atoms with van der Waals surface area (Å²) in [4.78, 5) is 15.8. The van der Waals surface area contributed by atoms with E-state index in [0.29, 0.717) is 20.6 Å². The van der Waals surface area contributed by atoms with Crippen molar-refractivity contribution >= 4 is 35.0 Å². The van der Waals surface area contributed by atoms with Gasteiger partial charge < -0.3 is 10.8 Å². The third kappa shape index (κ3) is 2.75. The van der Waals surface area contributed by atoms with Crippen LogP contribution in [0.5, 0.6) is 0 Å². The van der Waals surface area contributed by atoms with E-state index in [1.54, 1.807) is 30.5 Å². The Bertz CT molecular complexity index is 604. The third-order valence-electron chi connectivity index (χ3n) is 2.17. The van der Waals surface area contributed by atoms with Gasteiger partial charge in [-0.1, -0.05) is 23.4 Å². The Balaban J connectivity index is 2.41. The van der Waals surface area contributed by atoms with Crippen LogP contribution in [0, 0.1) is 0 Å². The predicted octanol–water partition coefficient (Wildman–Crippen LogP) is 3.17. The highest BCUT2D eigenvalue weighted by Gasteiger charge is 2.13. The summed E-state index contributed by atoms with van der Waals surface area (Å²) in [6.07, 6.45) is 1.60. The van der Waals surface area contributed by atoms with Crippen molar-refractivity contribution in [2.75, 3.05) is 5.73 Å². The molecule has 6 heteroatoms. The minimum Gasteiger partial charge on any atom is -0.478 e. The highest BCUT2D eigenvalue weighted by atomic mass is 35.5. The smallest absolute Gasteiger partial charge is 0.336 e. The van der Waals surface area contributed by atoms with E-state index in [4.69, 9.17) is 22.4 Å². The van der Waals surface area contributed by atoms with Crippen LogP contribution >= 0.6 is 23.4 Å². The van der Waals surface area contributed by atoms with Crippen LogP contribution in [-0.2, 0) is 0 Å². The molecule has 0 radical (unpaired) electrons. The van der Waals surface area contributed by atoms with E-state index < -0.39 is 5.97 Å². The molecule has 0 saturated heterocycles. The topological polar surface area (TPSA) is 76.2 Å². The fourth-order valence-electron chi connectivity index (χ4n) is 1.35. The number of nitrogens with two attached hydrogens (primary N) is 1. The quantitative estimate of drug-likeness (QED) is 0.845. The zero-order chi connectivity index (χ0) is 13.1. The van der Waals surface area contributed by atoms with Crippen LogP contribution in [0.3, 0.4) is 0 Å². The van der Waals surface area contributed by atoms with Crippen molar-refractivity contribution in [1.29, 1.82) is 0 Å². The van der Waals surface area contributed by atoms with Gasteiger partial charge in [-0.3, -0.25) is 0 Å². The molecule has 2 aromatic rings. The van der Waals surface area contributed by atoms with Crippen molar-refractivity contribution < 1.29 is 9.90 Å². The third-order valence-corrected chi connectivity index (χ3v) is 3.68. The summed E-state index contributed by atoms with van der Waals surface area (Å²) >= 11 is 7.18. The van der Waals surface area contributed by atoms with E-state index in [9.17, 15) is 4.79 Å². The van der Waals surface area contributed by atoms with Gasteiger partial charge in [-0.2, -0.15) is 0 Å². The molecule has 2 rings (SSSR count). The van der Waals surface area contributed by atoms with Gasteiger partial charge in [-0.05, 0) is 30.3 Å². The summed E-state index contributed by atoms with van der Waals surface area (Å²) in [5.74, 6) is -1.03. The molecule has 0 atom stereocenters. The van der Waals surface area contributed by atoms with Crippen molar-refractivity contribution in [2.45, 2.75) is 9.92 Å². The first-order valence-corrected chi connectivity index (χ1v) is 6.18. The number of nitrogen functional groups attached to an aromatic ring is 1. The molecule has 1 heterocycles. The minimum absolute atomic E-state index is 0.140. The lowest BCUT2D eigenvalue weighted by Gasteiger charge is -2.07. The van der Waals surface area contributed by atoms with Crippen molar-refractivity contribution in [1.82, 2.24) is 4.98 Å². The predicted molar refractivity (Wildman–Crippen MR) is 71.2 cm³/mol. The molecule has 92 valence electrons. The number of carboxylic acids is 1. The molecule has 18 heavy (non-hydrogen) atoms. The molecule has 1 aromatic carbocycles. The van der Waals surface area contributed by atoms with Crippen LogP contribution in [0.4, 0.5) is 5.69 Å². The van der Waals surface area contributed by atoms with Gasteiger partial charge in [0.25, 0.3) is 0 Å². The van der Waals surface area contributed by atoms with E-state index in [1.165, 1.54) is 17.8 Å². The first-order chi connectivity index (χ1) is 8.58. The molecule has 0 aliphatic carbocycles. The summed E-state index contributed by atoms with van der Waals surface area (Å²) in [6.45, 7) is 0. The SMILES string of the molecule is Nc1ccc(Sc2ncccc2Cl)c(C(=O)O)c1. The molecular formula is C12H9ClN2O2S. The van der Waals surface area contributed by atoms with Crippen molar-refractivity contribution in [3.63, 3.8) is 0 Å². The molecule has 0 aliphatic heterocycles. The fourth-order valence-corrected chi connectivity index (χ4v) is 2.47. The summed E-state index contributed by atoms with van der Waals surface area (Å²) < 4.78 is 0. The Kier molecular flexibility index (Phi) is 3.74. The number of aromatic carboxylic acids is 1. The van der Waals surface area contributed by atoms with Gasteiger partial charge in [-0.25, -0.2) is 9.78 Å². The van der Waals surface area contributed by atoms with Crippen LogP contribution in [0.2, 0.25) is 5.02 Å². The maximum absolute atomic E-state index is 11.1. The number of benzene rings is 1. The van der Waals surface area contributed by atoms with Crippen molar-refractivity contribution in [3.05, 3.63) is 47.1 Å². The number of pyridine rings is 1.